The van der Waals surface area contributed by atoms with Crippen LogP contribution in [0.3, 0.4) is 0 Å². The first kappa shape index (κ1) is 29.1. The molecular weight excluding hydrogens is 522 g/mol. The molecule has 3 aliphatic heterocycles. The van der Waals surface area contributed by atoms with Gasteiger partial charge in [-0.3, -0.25) is 14.4 Å². The minimum Gasteiger partial charge on any atom is -0.494 e. The summed E-state index contributed by atoms with van der Waals surface area (Å²) in [5, 5.41) is 16.5. The van der Waals surface area contributed by atoms with Gasteiger partial charge in [-0.1, -0.05) is 38.5 Å². The number of anilines is 2. The van der Waals surface area contributed by atoms with E-state index in [1.165, 1.54) is 0 Å². The van der Waals surface area contributed by atoms with E-state index in [9.17, 15) is 19.5 Å². The maximum absolute atomic E-state index is 14.3. The molecular formula is C32H41N3O6. The second kappa shape index (κ2) is 11.4. The number of hydrogen-bond acceptors (Lipinski definition) is 6. The fraction of sp³-hybridized carbons (Fsp3) is 0.531. The van der Waals surface area contributed by atoms with Crippen molar-refractivity contribution in [1.29, 1.82) is 0 Å². The van der Waals surface area contributed by atoms with Gasteiger partial charge in [0.1, 0.15) is 17.4 Å². The first-order valence-corrected chi connectivity index (χ1v) is 14.7. The summed E-state index contributed by atoms with van der Waals surface area (Å²) in [6.45, 7) is 9.97. The normalized spacial score (nSPS) is 27.9. The largest absolute Gasteiger partial charge is 0.494 e. The summed E-state index contributed by atoms with van der Waals surface area (Å²) in [6.07, 6.45) is 1.30. The second-order valence-electron chi connectivity index (χ2n) is 11.6. The molecule has 3 saturated heterocycles. The molecule has 0 radical (unpaired) electrons. The maximum atomic E-state index is 14.3. The van der Waals surface area contributed by atoms with Crippen LogP contribution in [-0.4, -0.2) is 64.7 Å². The molecule has 1 spiro atoms. The van der Waals surface area contributed by atoms with Crippen LogP contribution in [0.15, 0.2) is 42.5 Å². The Hall–Kier alpha value is -3.43. The molecule has 41 heavy (non-hydrogen) atoms. The minimum absolute atomic E-state index is 0.0667. The molecule has 3 amide bonds. The van der Waals surface area contributed by atoms with Gasteiger partial charge in [0, 0.05) is 11.4 Å². The van der Waals surface area contributed by atoms with Crippen LogP contribution in [0.5, 0.6) is 5.75 Å². The summed E-state index contributed by atoms with van der Waals surface area (Å²) in [6, 6.07) is 11.3. The van der Waals surface area contributed by atoms with Gasteiger partial charge in [0.25, 0.3) is 0 Å². The Morgan fingerprint density at radius 3 is 2.39 bits per heavy atom. The number of fused-ring (bicyclic) bond motifs is 1. The van der Waals surface area contributed by atoms with Crippen molar-refractivity contribution in [1.82, 2.24) is 4.90 Å². The van der Waals surface area contributed by atoms with Crippen LogP contribution in [0.25, 0.3) is 0 Å². The topological polar surface area (TPSA) is 117 Å². The average Bonchev–Trinajstić information content (AvgIpc) is 3.60. The molecule has 2 aromatic carbocycles. The molecule has 3 heterocycles. The highest BCUT2D eigenvalue weighted by Crippen LogP contribution is 2.59. The predicted molar refractivity (Wildman–Crippen MR) is 156 cm³/mol. The Bertz CT molecular complexity index is 1290. The molecule has 9 nitrogen and oxygen atoms in total. The van der Waals surface area contributed by atoms with Crippen molar-refractivity contribution in [3.63, 3.8) is 0 Å². The second-order valence-corrected chi connectivity index (χ2v) is 11.6. The van der Waals surface area contributed by atoms with E-state index in [0.29, 0.717) is 43.0 Å². The van der Waals surface area contributed by atoms with E-state index in [2.05, 4.69) is 10.6 Å². The highest BCUT2D eigenvalue weighted by molar-refractivity contribution is 6.05. The van der Waals surface area contributed by atoms with Gasteiger partial charge in [-0.15, -0.1) is 0 Å². The molecule has 5 rings (SSSR count). The molecule has 3 fully saturated rings. The number of hydrogen-bond donors (Lipinski definition) is 3. The molecule has 2 bridgehead atoms. The van der Waals surface area contributed by atoms with Gasteiger partial charge in [-0.05, 0) is 74.9 Å². The van der Waals surface area contributed by atoms with Crippen molar-refractivity contribution in [2.24, 2.45) is 17.8 Å². The van der Waals surface area contributed by atoms with Crippen molar-refractivity contribution in [2.75, 3.05) is 23.8 Å². The van der Waals surface area contributed by atoms with Gasteiger partial charge in [0.05, 0.1) is 37.2 Å². The summed E-state index contributed by atoms with van der Waals surface area (Å²) in [7, 11) is 0. The lowest BCUT2D eigenvalue weighted by molar-refractivity contribution is -0.144. The molecule has 3 aliphatic rings. The van der Waals surface area contributed by atoms with Crippen molar-refractivity contribution in [3.05, 3.63) is 53.6 Å². The molecule has 3 N–H and O–H groups in total. The van der Waals surface area contributed by atoms with E-state index in [-0.39, 0.29) is 30.2 Å². The SMILES string of the molecule is CCOc1ccc(NC(=O)[C@@H]2[C@H]3C(=O)N([C@@H](CO)[C@@H](C)CC)C(C(=O)Nc4c(C)cccc4C)C34CC[C@H]2O4)cc1. The lowest BCUT2D eigenvalue weighted by Gasteiger charge is -2.39. The third-order valence-electron chi connectivity index (χ3n) is 9.30. The van der Waals surface area contributed by atoms with E-state index in [4.69, 9.17) is 9.47 Å². The number of ether oxygens (including phenoxy) is 2. The molecule has 0 saturated carbocycles. The third-order valence-corrected chi connectivity index (χ3v) is 9.30. The number of likely N-dealkylation sites (tertiary alicyclic amines) is 1. The van der Waals surface area contributed by atoms with E-state index in [1.807, 2.05) is 52.8 Å². The van der Waals surface area contributed by atoms with Crippen LogP contribution < -0.4 is 15.4 Å². The molecule has 9 heteroatoms. The predicted octanol–water partition coefficient (Wildman–Crippen LogP) is 4.06. The lowest BCUT2D eigenvalue weighted by Crippen LogP contribution is -2.57. The molecule has 2 unspecified atom stereocenters. The fourth-order valence-electron chi connectivity index (χ4n) is 7.09. The van der Waals surface area contributed by atoms with Crippen LogP contribution >= 0.6 is 0 Å². The standard InChI is InChI=1S/C32H41N3O6/c1-6-18(3)23(17-36)35-28(30(38)34-27-19(4)9-8-10-20(27)5)32-16-15-24(41-32)25(26(32)31(35)39)29(37)33-21-11-13-22(14-12-21)40-7-2/h8-14,18,23-26,28,36H,6-7,15-17H2,1-5H3,(H,33,37)(H,34,38)/t18-,23-,24+,25-,26-,28?,32?/m0/s1. The lowest BCUT2D eigenvalue weighted by atomic mass is 9.70. The summed E-state index contributed by atoms with van der Waals surface area (Å²) < 4.78 is 12.1. The Morgan fingerprint density at radius 2 is 1.78 bits per heavy atom. The number of nitrogens with one attached hydrogen (secondary N) is 2. The molecule has 0 aliphatic carbocycles. The summed E-state index contributed by atoms with van der Waals surface area (Å²) >= 11 is 0. The highest BCUT2D eigenvalue weighted by Gasteiger charge is 2.75. The van der Waals surface area contributed by atoms with Gasteiger partial charge in [0.2, 0.25) is 17.7 Å². The van der Waals surface area contributed by atoms with Crippen LogP contribution in [0.4, 0.5) is 11.4 Å². The smallest absolute Gasteiger partial charge is 0.250 e. The molecule has 2 aromatic rings. The third kappa shape index (κ3) is 4.89. The van der Waals surface area contributed by atoms with Gasteiger partial charge >= 0.3 is 0 Å². The Kier molecular flexibility index (Phi) is 8.12. The van der Waals surface area contributed by atoms with E-state index in [1.54, 1.807) is 29.2 Å². The van der Waals surface area contributed by atoms with E-state index in [0.717, 1.165) is 11.1 Å². The summed E-state index contributed by atoms with van der Waals surface area (Å²) in [5.41, 5.74) is 1.96. The number of nitrogens with zero attached hydrogens (tertiary/aromatic N) is 1. The number of carbonyl (C=O) groups excluding carboxylic acids is 3. The summed E-state index contributed by atoms with van der Waals surface area (Å²) in [4.78, 5) is 43.8. The van der Waals surface area contributed by atoms with E-state index >= 15 is 0 Å². The first-order chi connectivity index (χ1) is 19.7. The van der Waals surface area contributed by atoms with Gasteiger partial charge < -0.3 is 30.1 Å². The van der Waals surface area contributed by atoms with Crippen LogP contribution in [0.1, 0.15) is 51.2 Å². The monoisotopic (exact) mass is 563 g/mol. The number of benzene rings is 2. The number of carbonyl (C=O) groups is 3. The zero-order chi connectivity index (χ0) is 29.5. The Labute approximate surface area is 241 Å². The quantitative estimate of drug-likeness (QED) is 0.401. The van der Waals surface area contributed by atoms with Crippen LogP contribution in [0, 0.1) is 31.6 Å². The Morgan fingerprint density at radius 1 is 1.10 bits per heavy atom. The van der Waals surface area contributed by atoms with Gasteiger partial charge in [-0.2, -0.15) is 0 Å². The van der Waals surface area contributed by atoms with Gasteiger partial charge in [-0.25, -0.2) is 0 Å². The van der Waals surface area contributed by atoms with Crippen molar-refractivity contribution >= 4 is 29.1 Å². The van der Waals surface area contributed by atoms with Crippen molar-refractivity contribution in [2.45, 2.75) is 77.7 Å². The molecule has 7 atom stereocenters. The zero-order valence-corrected chi connectivity index (χ0v) is 24.5. The van der Waals surface area contributed by atoms with Crippen molar-refractivity contribution in [3.8, 4) is 5.75 Å². The summed E-state index contributed by atoms with van der Waals surface area (Å²) in [5.74, 6) is -1.90. The number of aliphatic hydroxyl groups excluding tert-OH is 1. The van der Waals surface area contributed by atoms with E-state index < -0.39 is 35.6 Å². The fourth-order valence-corrected chi connectivity index (χ4v) is 7.09. The van der Waals surface area contributed by atoms with Gasteiger partial charge in [0.15, 0.2) is 0 Å². The maximum Gasteiger partial charge on any atom is 0.250 e. The number of amides is 3. The molecule has 0 aromatic heterocycles. The van der Waals surface area contributed by atoms with Crippen molar-refractivity contribution < 1.29 is 29.0 Å². The Balaban J connectivity index is 1.50. The number of aliphatic hydroxyl groups is 1. The first-order valence-electron chi connectivity index (χ1n) is 14.7. The van der Waals surface area contributed by atoms with Crippen LogP contribution in [-0.2, 0) is 19.1 Å². The average molecular weight is 564 g/mol. The number of rotatable bonds is 10. The highest BCUT2D eigenvalue weighted by atomic mass is 16.5. The minimum atomic E-state index is -1.15. The number of para-hydroxylation sites is 1. The van der Waals surface area contributed by atoms with Crippen LogP contribution in [0.2, 0.25) is 0 Å². The zero-order valence-electron chi connectivity index (χ0n) is 24.5. The molecule has 220 valence electrons. The number of aryl methyl sites for hydroxylation is 2.